The molecule has 1 heterocycles. The van der Waals surface area contributed by atoms with Gasteiger partial charge in [-0.05, 0) is 26.0 Å². The highest BCUT2D eigenvalue weighted by atomic mass is 32.2. The SMILES string of the molecule is CCNC(=O)NC(=O)CSc1nc(NCC)c2ccccc2n1. The summed E-state index contributed by atoms with van der Waals surface area (Å²) in [6.07, 6.45) is 0. The summed E-state index contributed by atoms with van der Waals surface area (Å²) in [6, 6.07) is 7.19. The monoisotopic (exact) mass is 333 g/mol. The number of amides is 3. The van der Waals surface area contributed by atoms with Crippen LogP contribution in [0.3, 0.4) is 0 Å². The molecule has 0 atom stereocenters. The lowest BCUT2D eigenvalue weighted by atomic mass is 10.2. The highest BCUT2D eigenvalue weighted by Gasteiger charge is 2.11. The van der Waals surface area contributed by atoms with Gasteiger partial charge in [-0.25, -0.2) is 14.8 Å². The van der Waals surface area contributed by atoms with Crippen LogP contribution in [0.2, 0.25) is 0 Å². The van der Waals surface area contributed by atoms with Gasteiger partial charge in [0, 0.05) is 18.5 Å². The van der Waals surface area contributed by atoms with Crippen LogP contribution in [0.4, 0.5) is 10.6 Å². The molecule has 8 heteroatoms. The van der Waals surface area contributed by atoms with Crippen LogP contribution in [0, 0.1) is 0 Å². The van der Waals surface area contributed by atoms with Gasteiger partial charge >= 0.3 is 6.03 Å². The molecule has 2 aromatic rings. The Morgan fingerprint density at radius 3 is 2.65 bits per heavy atom. The molecule has 1 aromatic carbocycles. The van der Waals surface area contributed by atoms with Crippen LogP contribution in [-0.2, 0) is 4.79 Å². The molecule has 0 aliphatic heterocycles. The summed E-state index contributed by atoms with van der Waals surface area (Å²) >= 11 is 1.19. The van der Waals surface area contributed by atoms with Gasteiger partial charge in [-0.3, -0.25) is 10.1 Å². The molecule has 1 aromatic heterocycles. The smallest absolute Gasteiger partial charge is 0.321 e. The second kappa shape index (κ2) is 8.33. The largest absolute Gasteiger partial charge is 0.370 e. The lowest BCUT2D eigenvalue weighted by molar-refractivity contribution is -0.117. The molecular weight excluding hydrogens is 314 g/mol. The summed E-state index contributed by atoms with van der Waals surface area (Å²) < 4.78 is 0. The predicted octanol–water partition coefficient (Wildman–Crippen LogP) is 2.00. The van der Waals surface area contributed by atoms with Gasteiger partial charge in [0.05, 0.1) is 11.3 Å². The lowest BCUT2D eigenvalue weighted by Crippen LogP contribution is -2.40. The molecule has 3 N–H and O–H groups in total. The van der Waals surface area contributed by atoms with Crippen molar-refractivity contribution in [2.24, 2.45) is 0 Å². The van der Waals surface area contributed by atoms with Crippen molar-refractivity contribution in [3.63, 3.8) is 0 Å². The highest BCUT2D eigenvalue weighted by Crippen LogP contribution is 2.24. The zero-order valence-corrected chi connectivity index (χ0v) is 13.9. The number of carbonyl (C=O) groups is 2. The van der Waals surface area contributed by atoms with Crippen LogP contribution in [0.15, 0.2) is 29.4 Å². The van der Waals surface area contributed by atoms with E-state index in [0.29, 0.717) is 11.7 Å². The van der Waals surface area contributed by atoms with Gasteiger partial charge in [0.15, 0.2) is 5.16 Å². The van der Waals surface area contributed by atoms with Gasteiger partial charge in [0.1, 0.15) is 5.82 Å². The van der Waals surface area contributed by atoms with Crippen LogP contribution < -0.4 is 16.0 Å². The molecule has 0 aliphatic rings. The van der Waals surface area contributed by atoms with E-state index in [4.69, 9.17) is 0 Å². The second-order valence-corrected chi connectivity index (χ2v) is 5.54. The molecule has 3 amide bonds. The Labute approximate surface area is 138 Å². The quantitative estimate of drug-likeness (QED) is 0.553. The first-order chi connectivity index (χ1) is 11.1. The third-order valence-electron chi connectivity index (χ3n) is 2.85. The molecule has 0 bridgehead atoms. The number of imide groups is 1. The van der Waals surface area contributed by atoms with E-state index in [2.05, 4.69) is 25.9 Å². The molecule has 122 valence electrons. The number of thioether (sulfide) groups is 1. The summed E-state index contributed by atoms with van der Waals surface area (Å²) in [5.74, 6) is 0.425. The Bertz CT molecular complexity index is 707. The summed E-state index contributed by atoms with van der Waals surface area (Å²) in [5.41, 5.74) is 0.810. The van der Waals surface area contributed by atoms with E-state index >= 15 is 0 Å². The van der Waals surface area contributed by atoms with Gasteiger partial charge in [0.25, 0.3) is 0 Å². The van der Waals surface area contributed by atoms with Crippen molar-refractivity contribution in [1.29, 1.82) is 0 Å². The molecule has 0 fully saturated rings. The van der Waals surface area contributed by atoms with Crippen LogP contribution >= 0.6 is 11.8 Å². The minimum Gasteiger partial charge on any atom is -0.370 e. The van der Waals surface area contributed by atoms with Crippen molar-refractivity contribution in [2.75, 3.05) is 24.2 Å². The number of carbonyl (C=O) groups excluding carboxylic acids is 2. The van der Waals surface area contributed by atoms with Crippen molar-refractivity contribution in [3.8, 4) is 0 Å². The Hall–Kier alpha value is -2.35. The van der Waals surface area contributed by atoms with Gasteiger partial charge in [-0.1, -0.05) is 23.9 Å². The Morgan fingerprint density at radius 2 is 1.91 bits per heavy atom. The van der Waals surface area contributed by atoms with E-state index in [1.165, 1.54) is 11.8 Å². The number of aromatic nitrogens is 2. The fourth-order valence-corrected chi connectivity index (χ4v) is 2.57. The summed E-state index contributed by atoms with van der Waals surface area (Å²) in [7, 11) is 0. The minimum atomic E-state index is -0.495. The fraction of sp³-hybridized carbons (Fsp3) is 0.333. The molecule has 7 nitrogen and oxygen atoms in total. The van der Waals surface area contributed by atoms with Crippen molar-refractivity contribution in [3.05, 3.63) is 24.3 Å². The summed E-state index contributed by atoms with van der Waals surface area (Å²) in [4.78, 5) is 31.9. The number of nitrogens with one attached hydrogen (secondary N) is 3. The number of para-hydroxylation sites is 1. The standard InChI is InChI=1S/C15H19N5O2S/c1-3-16-13-10-7-5-6-8-11(10)18-15(20-13)23-9-12(21)19-14(22)17-4-2/h5-8H,3-4,9H2,1-2H3,(H,16,18,20)(H2,17,19,21,22). The van der Waals surface area contributed by atoms with E-state index in [1.54, 1.807) is 6.92 Å². The van der Waals surface area contributed by atoms with E-state index < -0.39 is 6.03 Å². The number of benzene rings is 1. The maximum Gasteiger partial charge on any atom is 0.321 e. The third kappa shape index (κ3) is 4.82. The molecule has 0 spiro atoms. The predicted molar refractivity (Wildman–Crippen MR) is 91.6 cm³/mol. The van der Waals surface area contributed by atoms with Crippen LogP contribution in [-0.4, -0.2) is 40.7 Å². The van der Waals surface area contributed by atoms with E-state index in [9.17, 15) is 9.59 Å². The van der Waals surface area contributed by atoms with Gasteiger partial charge in [0.2, 0.25) is 5.91 Å². The molecule has 0 unspecified atom stereocenters. The maximum absolute atomic E-state index is 11.7. The van der Waals surface area contributed by atoms with Gasteiger partial charge < -0.3 is 10.6 Å². The first-order valence-corrected chi connectivity index (χ1v) is 8.33. The van der Waals surface area contributed by atoms with Gasteiger partial charge in [-0.2, -0.15) is 0 Å². The first kappa shape index (κ1) is 17.0. The zero-order valence-electron chi connectivity index (χ0n) is 13.0. The number of hydrogen-bond acceptors (Lipinski definition) is 6. The Balaban J connectivity index is 2.08. The highest BCUT2D eigenvalue weighted by molar-refractivity contribution is 7.99. The fourth-order valence-electron chi connectivity index (χ4n) is 1.92. The lowest BCUT2D eigenvalue weighted by Gasteiger charge is -2.09. The van der Waals surface area contributed by atoms with Crippen LogP contribution in [0.5, 0.6) is 0 Å². The van der Waals surface area contributed by atoms with Crippen molar-refractivity contribution >= 4 is 40.4 Å². The van der Waals surface area contributed by atoms with Crippen molar-refractivity contribution in [2.45, 2.75) is 19.0 Å². The zero-order chi connectivity index (χ0) is 16.7. The number of nitrogens with zero attached hydrogens (tertiary/aromatic N) is 2. The molecular formula is C15H19N5O2S. The molecule has 0 radical (unpaired) electrons. The first-order valence-electron chi connectivity index (χ1n) is 7.35. The molecule has 23 heavy (non-hydrogen) atoms. The third-order valence-corrected chi connectivity index (χ3v) is 3.70. The van der Waals surface area contributed by atoms with E-state index in [-0.39, 0.29) is 11.7 Å². The average molecular weight is 333 g/mol. The van der Waals surface area contributed by atoms with E-state index in [1.807, 2.05) is 31.2 Å². The minimum absolute atomic E-state index is 0.0705. The Morgan fingerprint density at radius 1 is 1.13 bits per heavy atom. The summed E-state index contributed by atoms with van der Waals surface area (Å²) in [5, 5.41) is 9.38. The van der Waals surface area contributed by atoms with Crippen molar-refractivity contribution in [1.82, 2.24) is 20.6 Å². The number of urea groups is 1. The molecule has 0 saturated carbocycles. The summed E-state index contributed by atoms with van der Waals surface area (Å²) in [6.45, 7) is 4.97. The average Bonchev–Trinajstić information content (AvgIpc) is 2.53. The number of fused-ring (bicyclic) bond motifs is 1. The number of anilines is 1. The van der Waals surface area contributed by atoms with Crippen LogP contribution in [0.1, 0.15) is 13.8 Å². The van der Waals surface area contributed by atoms with Crippen LogP contribution in [0.25, 0.3) is 10.9 Å². The molecule has 0 saturated heterocycles. The second-order valence-electron chi connectivity index (χ2n) is 4.60. The topological polar surface area (TPSA) is 96.0 Å². The van der Waals surface area contributed by atoms with Gasteiger partial charge in [-0.15, -0.1) is 0 Å². The van der Waals surface area contributed by atoms with Crippen molar-refractivity contribution < 1.29 is 9.59 Å². The number of rotatable bonds is 6. The Kier molecular flexibility index (Phi) is 6.16. The molecule has 0 aliphatic carbocycles. The molecule has 2 rings (SSSR count). The normalized spacial score (nSPS) is 10.3. The maximum atomic E-state index is 11.7. The number of hydrogen-bond donors (Lipinski definition) is 3. The van der Waals surface area contributed by atoms with E-state index in [0.717, 1.165) is 23.3 Å².